The first-order chi connectivity index (χ1) is 13.6. The molecule has 9 nitrogen and oxygen atoms in total. The van der Waals surface area contributed by atoms with Crippen LogP contribution in [0.4, 0.5) is 4.79 Å². The van der Waals surface area contributed by atoms with Crippen LogP contribution in [0.25, 0.3) is 0 Å². The van der Waals surface area contributed by atoms with Gasteiger partial charge in [0.2, 0.25) is 5.88 Å². The number of carbonyl (C=O) groups excluding carboxylic acids is 2. The lowest BCUT2D eigenvalue weighted by atomic mass is 9.96. The first-order valence-corrected chi connectivity index (χ1v) is 9.85. The second kappa shape index (κ2) is 9.70. The quantitative estimate of drug-likeness (QED) is 0.554. The van der Waals surface area contributed by atoms with E-state index in [1.54, 1.807) is 12.1 Å². The van der Waals surface area contributed by atoms with Crippen LogP contribution in [-0.2, 0) is 4.74 Å². The van der Waals surface area contributed by atoms with Gasteiger partial charge in [-0.2, -0.15) is 0 Å². The van der Waals surface area contributed by atoms with Gasteiger partial charge in [0.05, 0.1) is 18.8 Å². The monoisotopic (exact) mass is 391 g/mol. The molecule has 154 valence electrons. The summed E-state index contributed by atoms with van der Waals surface area (Å²) in [7, 11) is 1.53. The number of ether oxygens (including phenoxy) is 2. The first kappa shape index (κ1) is 20.3. The van der Waals surface area contributed by atoms with E-state index in [1.165, 1.54) is 13.3 Å². The van der Waals surface area contributed by atoms with E-state index in [1.807, 2.05) is 6.92 Å². The van der Waals surface area contributed by atoms with Gasteiger partial charge in [-0.1, -0.05) is 6.92 Å². The van der Waals surface area contributed by atoms with Gasteiger partial charge < -0.3 is 20.1 Å². The summed E-state index contributed by atoms with van der Waals surface area (Å²) >= 11 is 0. The van der Waals surface area contributed by atoms with Crippen LogP contribution in [0, 0.1) is 5.92 Å². The number of aromatic nitrogens is 1. The maximum Gasteiger partial charge on any atom is 0.407 e. The van der Waals surface area contributed by atoms with Crippen LogP contribution in [0.2, 0.25) is 0 Å². The number of rotatable bonds is 7. The lowest BCUT2D eigenvalue weighted by Gasteiger charge is -2.18. The van der Waals surface area contributed by atoms with E-state index in [2.05, 4.69) is 26.5 Å². The Morgan fingerprint density at radius 1 is 1.25 bits per heavy atom. The van der Waals surface area contributed by atoms with Crippen LogP contribution >= 0.6 is 0 Å². The van der Waals surface area contributed by atoms with Gasteiger partial charge in [-0.3, -0.25) is 10.2 Å². The third-order valence-corrected chi connectivity index (χ3v) is 5.23. The molecule has 4 N–H and O–H groups in total. The highest BCUT2D eigenvalue weighted by atomic mass is 16.6. The molecule has 2 unspecified atom stereocenters. The molecule has 1 saturated heterocycles. The Hall–Kier alpha value is -2.39. The Kier molecular flexibility index (Phi) is 7.05. The van der Waals surface area contributed by atoms with Crippen molar-refractivity contribution in [2.45, 2.75) is 57.3 Å². The van der Waals surface area contributed by atoms with Crippen molar-refractivity contribution in [1.29, 1.82) is 0 Å². The zero-order chi connectivity index (χ0) is 19.9. The Morgan fingerprint density at radius 2 is 2.11 bits per heavy atom. The molecule has 0 bridgehead atoms. The standard InChI is InChI=1S/C19H29N5O4/c1-3-8-20-19(26)28-14-6-4-12(9-14)15-10-16(24-23-15)22-18(25)13-5-7-17(27-2)21-11-13/h5,7,11-12,14-16,23-24H,3-4,6,8-10H2,1-2H3,(H,20,26)(H,22,25)/t12-,14+,15?,16?/m1/s1. The van der Waals surface area contributed by atoms with Crippen molar-refractivity contribution < 1.29 is 19.1 Å². The molecule has 9 heteroatoms. The maximum atomic E-state index is 12.4. The van der Waals surface area contributed by atoms with Crippen molar-refractivity contribution in [1.82, 2.24) is 26.5 Å². The molecule has 1 aliphatic heterocycles. The van der Waals surface area contributed by atoms with Gasteiger partial charge in [0, 0.05) is 24.8 Å². The van der Waals surface area contributed by atoms with Crippen LogP contribution in [0.1, 0.15) is 49.4 Å². The SMILES string of the molecule is CCCNC(=O)O[C@H]1CC[C@@H](C2CC(NC(=O)c3ccc(OC)nc3)NN2)C1. The van der Waals surface area contributed by atoms with Crippen LogP contribution in [0.5, 0.6) is 5.88 Å². The average molecular weight is 391 g/mol. The highest BCUT2D eigenvalue weighted by molar-refractivity contribution is 5.94. The predicted molar refractivity (Wildman–Crippen MR) is 103 cm³/mol. The van der Waals surface area contributed by atoms with E-state index in [4.69, 9.17) is 9.47 Å². The largest absolute Gasteiger partial charge is 0.481 e. The molecule has 2 fully saturated rings. The number of hydrogen-bond donors (Lipinski definition) is 4. The molecule has 1 aliphatic carbocycles. The number of alkyl carbamates (subject to hydrolysis) is 1. The number of methoxy groups -OCH3 is 1. The molecule has 2 aliphatic rings. The lowest BCUT2D eigenvalue weighted by molar-refractivity contribution is 0.0927. The molecular weight excluding hydrogens is 362 g/mol. The van der Waals surface area contributed by atoms with Gasteiger partial charge in [0.1, 0.15) is 6.10 Å². The summed E-state index contributed by atoms with van der Waals surface area (Å²) in [6.07, 6.45) is 5.33. The van der Waals surface area contributed by atoms with Crippen LogP contribution in [0.15, 0.2) is 18.3 Å². The molecule has 0 spiro atoms. The Morgan fingerprint density at radius 3 is 2.82 bits per heavy atom. The zero-order valence-corrected chi connectivity index (χ0v) is 16.4. The van der Waals surface area contributed by atoms with E-state index in [0.29, 0.717) is 23.9 Å². The molecule has 2 heterocycles. The summed E-state index contributed by atoms with van der Waals surface area (Å²) in [6.45, 7) is 2.64. The van der Waals surface area contributed by atoms with Crippen molar-refractivity contribution >= 4 is 12.0 Å². The fourth-order valence-electron chi connectivity index (χ4n) is 3.73. The maximum absolute atomic E-state index is 12.4. The number of nitrogens with zero attached hydrogens (tertiary/aromatic N) is 1. The average Bonchev–Trinajstić information content (AvgIpc) is 3.36. The van der Waals surface area contributed by atoms with E-state index in [9.17, 15) is 9.59 Å². The number of pyridine rings is 1. The van der Waals surface area contributed by atoms with Gasteiger partial charge in [-0.05, 0) is 44.1 Å². The molecular formula is C19H29N5O4. The highest BCUT2D eigenvalue weighted by Gasteiger charge is 2.37. The van der Waals surface area contributed by atoms with Crippen molar-refractivity contribution in [3.8, 4) is 5.88 Å². The van der Waals surface area contributed by atoms with Crippen molar-refractivity contribution in [3.63, 3.8) is 0 Å². The van der Waals surface area contributed by atoms with Crippen molar-refractivity contribution in [2.75, 3.05) is 13.7 Å². The van der Waals surface area contributed by atoms with E-state index in [0.717, 1.165) is 32.1 Å². The van der Waals surface area contributed by atoms with Crippen LogP contribution < -0.4 is 26.2 Å². The number of hydrazine groups is 1. The molecule has 1 saturated carbocycles. The van der Waals surface area contributed by atoms with Gasteiger partial charge in [0.15, 0.2) is 0 Å². The summed E-state index contributed by atoms with van der Waals surface area (Å²) in [5, 5.41) is 5.71. The molecule has 28 heavy (non-hydrogen) atoms. The highest BCUT2D eigenvalue weighted by Crippen LogP contribution is 2.32. The normalized spacial score (nSPS) is 26.6. The number of hydrogen-bond acceptors (Lipinski definition) is 7. The first-order valence-electron chi connectivity index (χ1n) is 9.85. The Bertz CT molecular complexity index is 669. The molecule has 2 amide bonds. The molecule has 1 aromatic rings. The van der Waals surface area contributed by atoms with E-state index < -0.39 is 0 Å². The second-order valence-corrected chi connectivity index (χ2v) is 7.27. The molecule has 0 aromatic carbocycles. The van der Waals surface area contributed by atoms with Crippen molar-refractivity contribution in [3.05, 3.63) is 23.9 Å². The van der Waals surface area contributed by atoms with Gasteiger partial charge >= 0.3 is 6.09 Å². The molecule has 1 aromatic heterocycles. The Balaban J connectivity index is 1.42. The summed E-state index contributed by atoms with van der Waals surface area (Å²) in [6, 6.07) is 3.57. The number of carbonyl (C=O) groups is 2. The summed E-state index contributed by atoms with van der Waals surface area (Å²) in [5.74, 6) is 0.690. The third kappa shape index (κ3) is 5.32. The fraction of sp³-hybridized carbons (Fsp3) is 0.632. The van der Waals surface area contributed by atoms with E-state index in [-0.39, 0.29) is 30.3 Å². The third-order valence-electron chi connectivity index (χ3n) is 5.23. The minimum atomic E-state index is -0.330. The zero-order valence-electron chi connectivity index (χ0n) is 16.4. The number of amides is 2. The van der Waals surface area contributed by atoms with Gasteiger partial charge in [0.25, 0.3) is 5.91 Å². The molecule has 0 radical (unpaired) electrons. The lowest BCUT2D eigenvalue weighted by Crippen LogP contribution is -2.44. The summed E-state index contributed by atoms with van der Waals surface area (Å²) in [4.78, 5) is 28.1. The fourth-order valence-corrected chi connectivity index (χ4v) is 3.73. The minimum Gasteiger partial charge on any atom is -0.481 e. The topological polar surface area (TPSA) is 114 Å². The molecule has 3 rings (SSSR count). The van der Waals surface area contributed by atoms with Crippen molar-refractivity contribution in [2.24, 2.45) is 5.92 Å². The smallest absolute Gasteiger partial charge is 0.407 e. The van der Waals surface area contributed by atoms with Gasteiger partial charge in [-0.15, -0.1) is 0 Å². The second-order valence-electron chi connectivity index (χ2n) is 7.27. The summed E-state index contributed by atoms with van der Waals surface area (Å²) in [5.41, 5.74) is 6.90. The van der Waals surface area contributed by atoms with Crippen LogP contribution in [0.3, 0.4) is 0 Å². The predicted octanol–water partition coefficient (Wildman–Crippen LogP) is 1.32. The van der Waals surface area contributed by atoms with Gasteiger partial charge in [-0.25, -0.2) is 15.2 Å². The minimum absolute atomic E-state index is 0.0392. The van der Waals surface area contributed by atoms with Crippen LogP contribution in [-0.4, -0.2) is 49.0 Å². The summed E-state index contributed by atoms with van der Waals surface area (Å²) < 4.78 is 10.5. The number of nitrogens with one attached hydrogen (secondary N) is 4. The Labute approximate surface area is 164 Å². The molecule has 4 atom stereocenters. The van der Waals surface area contributed by atoms with E-state index >= 15 is 0 Å².